The molecule has 0 aromatic heterocycles. The molecule has 2 unspecified atom stereocenters. The summed E-state index contributed by atoms with van der Waals surface area (Å²) in [6.07, 6.45) is 3.00. The monoisotopic (exact) mass is 186 g/mol. The molecule has 0 aliphatic carbocycles. The highest BCUT2D eigenvalue weighted by Gasteiger charge is 2.16. The fourth-order valence-corrected chi connectivity index (χ4v) is 1.88. The molecular formula is C10H22N2O. The first-order valence-corrected chi connectivity index (χ1v) is 5.17. The lowest BCUT2D eigenvalue weighted by molar-refractivity contribution is 0.0833. The van der Waals surface area contributed by atoms with Crippen molar-refractivity contribution in [1.29, 1.82) is 0 Å². The number of hydrogen-bond donors (Lipinski definition) is 1. The van der Waals surface area contributed by atoms with Gasteiger partial charge in [-0.15, -0.1) is 0 Å². The molecule has 0 aromatic carbocycles. The molecule has 1 rings (SSSR count). The standard InChI is InChI=1S/C10H22N2O/c1-9(13-3)7-12(2)8-10-5-4-6-11-10/h9-11H,4-8H2,1-3H3. The lowest BCUT2D eigenvalue weighted by Gasteiger charge is -2.23. The third-order valence-electron chi connectivity index (χ3n) is 2.67. The van der Waals surface area contributed by atoms with Crippen molar-refractivity contribution in [2.24, 2.45) is 0 Å². The lowest BCUT2D eigenvalue weighted by atomic mass is 10.2. The van der Waals surface area contributed by atoms with E-state index >= 15 is 0 Å². The van der Waals surface area contributed by atoms with Crippen LogP contribution in [0.2, 0.25) is 0 Å². The predicted molar refractivity (Wildman–Crippen MR) is 55.0 cm³/mol. The Kier molecular flexibility index (Phi) is 4.70. The first-order chi connectivity index (χ1) is 6.22. The van der Waals surface area contributed by atoms with Crippen molar-refractivity contribution in [3.63, 3.8) is 0 Å². The molecule has 1 N–H and O–H groups in total. The summed E-state index contributed by atoms with van der Waals surface area (Å²) in [6.45, 7) is 5.47. The molecule has 0 saturated carbocycles. The van der Waals surface area contributed by atoms with Crippen LogP contribution in [0.4, 0.5) is 0 Å². The van der Waals surface area contributed by atoms with E-state index in [2.05, 4.69) is 24.2 Å². The molecule has 13 heavy (non-hydrogen) atoms. The summed E-state index contributed by atoms with van der Waals surface area (Å²) in [5.41, 5.74) is 0. The molecule has 1 saturated heterocycles. The Bertz CT molecular complexity index is 135. The zero-order valence-electron chi connectivity index (χ0n) is 9.05. The Morgan fingerprint density at radius 3 is 2.92 bits per heavy atom. The second-order valence-electron chi connectivity index (χ2n) is 4.06. The number of methoxy groups -OCH3 is 1. The fourth-order valence-electron chi connectivity index (χ4n) is 1.88. The number of ether oxygens (including phenoxy) is 1. The predicted octanol–water partition coefficient (Wildman–Crippen LogP) is 0.705. The summed E-state index contributed by atoms with van der Waals surface area (Å²) in [4.78, 5) is 2.34. The maximum absolute atomic E-state index is 5.22. The van der Waals surface area contributed by atoms with Crippen molar-refractivity contribution in [2.75, 3.05) is 33.8 Å². The van der Waals surface area contributed by atoms with Gasteiger partial charge in [-0.05, 0) is 33.4 Å². The smallest absolute Gasteiger partial charge is 0.0670 e. The van der Waals surface area contributed by atoms with Gasteiger partial charge in [-0.3, -0.25) is 0 Å². The average Bonchev–Trinajstić information content (AvgIpc) is 2.56. The normalized spacial score (nSPS) is 25.4. The molecule has 0 radical (unpaired) electrons. The van der Waals surface area contributed by atoms with Crippen LogP contribution >= 0.6 is 0 Å². The highest BCUT2D eigenvalue weighted by atomic mass is 16.5. The van der Waals surface area contributed by atoms with Gasteiger partial charge in [0, 0.05) is 26.2 Å². The summed E-state index contributed by atoms with van der Waals surface area (Å²) in [5.74, 6) is 0. The maximum atomic E-state index is 5.22. The molecule has 2 atom stereocenters. The van der Waals surface area contributed by atoms with Crippen LogP contribution in [0, 0.1) is 0 Å². The molecule has 0 bridgehead atoms. The zero-order chi connectivity index (χ0) is 9.68. The number of nitrogens with zero attached hydrogens (tertiary/aromatic N) is 1. The second-order valence-corrected chi connectivity index (χ2v) is 4.06. The minimum absolute atomic E-state index is 0.339. The Labute approximate surface area is 81.4 Å². The molecule has 0 aromatic rings. The van der Waals surface area contributed by atoms with E-state index in [1.165, 1.54) is 19.4 Å². The van der Waals surface area contributed by atoms with E-state index in [1.54, 1.807) is 7.11 Å². The second kappa shape index (κ2) is 5.58. The summed E-state index contributed by atoms with van der Waals surface area (Å²) >= 11 is 0. The van der Waals surface area contributed by atoms with Gasteiger partial charge in [0.05, 0.1) is 6.10 Å². The van der Waals surface area contributed by atoms with E-state index in [0.717, 1.165) is 13.1 Å². The Morgan fingerprint density at radius 1 is 1.62 bits per heavy atom. The van der Waals surface area contributed by atoms with Gasteiger partial charge in [0.15, 0.2) is 0 Å². The van der Waals surface area contributed by atoms with Gasteiger partial charge in [0.1, 0.15) is 0 Å². The van der Waals surface area contributed by atoms with Crippen LogP contribution in [0.25, 0.3) is 0 Å². The van der Waals surface area contributed by atoms with Crippen LogP contribution in [0.3, 0.4) is 0 Å². The third-order valence-corrected chi connectivity index (χ3v) is 2.67. The van der Waals surface area contributed by atoms with Crippen LogP contribution in [0.15, 0.2) is 0 Å². The largest absolute Gasteiger partial charge is 0.380 e. The number of rotatable bonds is 5. The highest BCUT2D eigenvalue weighted by molar-refractivity contribution is 4.77. The summed E-state index contributed by atoms with van der Waals surface area (Å²) in [5, 5.41) is 3.50. The van der Waals surface area contributed by atoms with Crippen molar-refractivity contribution in [2.45, 2.75) is 31.9 Å². The van der Waals surface area contributed by atoms with E-state index in [9.17, 15) is 0 Å². The van der Waals surface area contributed by atoms with Crippen LogP contribution in [0.1, 0.15) is 19.8 Å². The number of hydrogen-bond acceptors (Lipinski definition) is 3. The minimum Gasteiger partial charge on any atom is -0.380 e. The van der Waals surface area contributed by atoms with Gasteiger partial charge >= 0.3 is 0 Å². The SMILES string of the molecule is COC(C)CN(C)CC1CCCN1. The highest BCUT2D eigenvalue weighted by Crippen LogP contribution is 2.06. The molecule has 0 spiro atoms. The van der Waals surface area contributed by atoms with Crippen molar-refractivity contribution in [3.05, 3.63) is 0 Å². The van der Waals surface area contributed by atoms with Gasteiger partial charge in [0.2, 0.25) is 0 Å². The van der Waals surface area contributed by atoms with Crippen molar-refractivity contribution < 1.29 is 4.74 Å². The van der Waals surface area contributed by atoms with Gasteiger partial charge in [-0.2, -0.15) is 0 Å². The van der Waals surface area contributed by atoms with Gasteiger partial charge in [-0.25, -0.2) is 0 Å². The molecule has 0 amide bonds. The van der Waals surface area contributed by atoms with Crippen molar-refractivity contribution >= 4 is 0 Å². The van der Waals surface area contributed by atoms with Gasteiger partial charge in [-0.1, -0.05) is 0 Å². The molecule has 3 heteroatoms. The van der Waals surface area contributed by atoms with E-state index in [0.29, 0.717) is 12.1 Å². The molecule has 78 valence electrons. The van der Waals surface area contributed by atoms with Crippen molar-refractivity contribution in [1.82, 2.24) is 10.2 Å². The third kappa shape index (κ3) is 4.07. The van der Waals surface area contributed by atoms with E-state index < -0.39 is 0 Å². The Hall–Kier alpha value is -0.120. The molecule has 1 aliphatic rings. The fraction of sp³-hybridized carbons (Fsp3) is 1.00. The number of likely N-dealkylation sites (N-methyl/N-ethyl adjacent to an activating group) is 1. The molecule has 1 heterocycles. The van der Waals surface area contributed by atoms with E-state index in [4.69, 9.17) is 4.74 Å². The first kappa shape index (κ1) is 11.0. The molecule has 1 fully saturated rings. The van der Waals surface area contributed by atoms with Crippen LogP contribution in [-0.2, 0) is 4.74 Å². The topological polar surface area (TPSA) is 24.5 Å². The maximum Gasteiger partial charge on any atom is 0.0670 e. The summed E-state index contributed by atoms with van der Waals surface area (Å²) in [7, 11) is 3.93. The average molecular weight is 186 g/mol. The quantitative estimate of drug-likeness (QED) is 0.684. The van der Waals surface area contributed by atoms with Crippen LogP contribution in [0.5, 0.6) is 0 Å². The van der Waals surface area contributed by atoms with E-state index in [1.807, 2.05) is 0 Å². The Balaban J connectivity index is 2.12. The summed E-state index contributed by atoms with van der Waals surface area (Å²) in [6, 6.07) is 0.703. The number of nitrogens with one attached hydrogen (secondary N) is 1. The molecule has 3 nitrogen and oxygen atoms in total. The zero-order valence-corrected chi connectivity index (χ0v) is 9.05. The van der Waals surface area contributed by atoms with Crippen LogP contribution < -0.4 is 5.32 Å². The van der Waals surface area contributed by atoms with Crippen molar-refractivity contribution in [3.8, 4) is 0 Å². The molecular weight excluding hydrogens is 164 g/mol. The summed E-state index contributed by atoms with van der Waals surface area (Å²) < 4.78 is 5.22. The Morgan fingerprint density at radius 2 is 2.38 bits per heavy atom. The van der Waals surface area contributed by atoms with Crippen LogP contribution in [-0.4, -0.2) is 50.8 Å². The van der Waals surface area contributed by atoms with Gasteiger partial charge < -0.3 is 15.0 Å². The van der Waals surface area contributed by atoms with Gasteiger partial charge in [0.25, 0.3) is 0 Å². The minimum atomic E-state index is 0.339. The molecule has 1 aliphatic heterocycles. The lowest BCUT2D eigenvalue weighted by Crippen LogP contribution is -2.38. The first-order valence-electron chi connectivity index (χ1n) is 5.17. The van der Waals surface area contributed by atoms with E-state index in [-0.39, 0.29) is 0 Å².